The molecule has 0 radical (unpaired) electrons. The number of fused-ring (bicyclic) bond motifs is 1. The molecule has 0 aliphatic carbocycles. The van der Waals surface area contributed by atoms with Crippen LogP contribution >= 0.6 is 0 Å². The first-order chi connectivity index (χ1) is 13.6. The average Bonchev–Trinajstić information content (AvgIpc) is 3.32. The number of carboxylic acid groups (broad SMARTS) is 1. The summed E-state index contributed by atoms with van der Waals surface area (Å²) < 4.78 is 33.6. The van der Waals surface area contributed by atoms with Gasteiger partial charge in [0, 0.05) is 50.9 Å². The smallest absolute Gasteiger partial charge is 0.475 e. The summed E-state index contributed by atoms with van der Waals surface area (Å²) in [6, 6.07) is 0. The Bertz CT molecular complexity index is 873. The molecule has 2 fully saturated rings. The number of aromatic nitrogens is 4. The number of rotatable bonds is 3. The van der Waals surface area contributed by atoms with Crippen molar-refractivity contribution in [1.29, 1.82) is 0 Å². The highest BCUT2D eigenvalue weighted by Crippen LogP contribution is 2.35. The molecular weight excluding hydrogens is 393 g/mol. The Labute approximate surface area is 163 Å². The molecule has 0 aromatic carbocycles. The molecule has 2 aromatic heterocycles. The van der Waals surface area contributed by atoms with Gasteiger partial charge in [-0.1, -0.05) is 0 Å². The second kappa shape index (κ2) is 8.15. The van der Waals surface area contributed by atoms with E-state index in [1.54, 1.807) is 12.4 Å². The zero-order chi connectivity index (χ0) is 21.2. The monoisotopic (exact) mass is 412 g/mol. The molecule has 0 saturated carbocycles. The van der Waals surface area contributed by atoms with Crippen LogP contribution in [0.2, 0.25) is 0 Å². The molecule has 0 spiro atoms. The number of halogens is 3. The van der Waals surface area contributed by atoms with E-state index in [0.29, 0.717) is 5.92 Å². The van der Waals surface area contributed by atoms with E-state index in [1.165, 1.54) is 11.9 Å². The SMILES string of the molecule is Cn1cc(CN2C[C@H]3CN(c4cncnc4)C(=O)[C@H]3C2)cn1.O=C(O)C(F)(F)F. The number of nitrogens with zero attached hydrogens (tertiary/aromatic N) is 6. The number of carboxylic acids is 1. The maximum Gasteiger partial charge on any atom is 0.490 e. The minimum atomic E-state index is -5.08. The predicted molar refractivity (Wildman–Crippen MR) is 93.5 cm³/mol. The predicted octanol–water partition coefficient (Wildman–Crippen LogP) is 0.938. The van der Waals surface area contributed by atoms with Gasteiger partial charge >= 0.3 is 12.1 Å². The maximum absolute atomic E-state index is 12.6. The fourth-order valence-corrected chi connectivity index (χ4v) is 3.55. The third-order valence-electron chi connectivity index (χ3n) is 4.78. The number of hydrogen-bond acceptors (Lipinski definition) is 6. The molecule has 29 heavy (non-hydrogen) atoms. The van der Waals surface area contributed by atoms with Gasteiger partial charge in [0.05, 0.1) is 30.2 Å². The lowest BCUT2D eigenvalue weighted by molar-refractivity contribution is -0.192. The first kappa shape index (κ1) is 20.7. The van der Waals surface area contributed by atoms with Crippen LogP contribution in [0.5, 0.6) is 0 Å². The summed E-state index contributed by atoms with van der Waals surface area (Å²) >= 11 is 0. The van der Waals surface area contributed by atoms with E-state index in [4.69, 9.17) is 9.90 Å². The van der Waals surface area contributed by atoms with Gasteiger partial charge in [-0.05, 0) is 0 Å². The van der Waals surface area contributed by atoms with Crippen molar-refractivity contribution in [3.05, 3.63) is 36.7 Å². The van der Waals surface area contributed by atoms with Gasteiger partial charge in [-0.2, -0.15) is 18.3 Å². The third-order valence-corrected chi connectivity index (χ3v) is 4.78. The summed E-state index contributed by atoms with van der Waals surface area (Å²) in [5.41, 5.74) is 2.00. The number of carbonyl (C=O) groups excluding carboxylic acids is 1. The van der Waals surface area contributed by atoms with E-state index < -0.39 is 12.1 Å². The van der Waals surface area contributed by atoms with Crippen molar-refractivity contribution in [2.24, 2.45) is 18.9 Å². The third kappa shape index (κ3) is 4.88. The van der Waals surface area contributed by atoms with E-state index in [-0.39, 0.29) is 11.8 Å². The Kier molecular flexibility index (Phi) is 5.82. The molecule has 156 valence electrons. The van der Waals surface area contributed by atoms with Gasteiger partial charge in [0.15, 0.2) is 0 Å². The second-order valence-corrected chi connectivity index (χ2v) is 6.93. The molecule has 2 aliphatic heterocycles. The molecule has 4 rings (SSSR count). The van der Waals surface area contributed by atoms with Gasteiger partial charge in [-0.15, -0.1) is 0 Å². The largest absolute Gasteiger partial charge is 0.490 e. The van der Waals surface area contributed by atoms with Crippen LogP contribution in [0.15, 0.2) is 31.1 Å². The molecule has 2 atom stereocenters. The van der Waals surface area contributed by atoms with Crippen LogP contribution in [0.4, 0.5) is 18.9 Å². The lowest BCUT2D eigenvalue weighted by Gasteiger charge is -2.20. The quantitative estimate of drug-likeness (QED) is 0.800. The zero-order valence-corrected chi connectivity index (χ0v) is 15.5. The van der Waals surface area contributed by atoms with Crippen LogP contribution in [0, 0.1) is 11.8 Å². The van der Waals surface area contributed by atoms with Crippen molar-refractivity contribution in [2.75, 3.05) is 24.5 Å². The standard InChI is InChI=1S/C15H18N6O.C2HF3O2/c1-19-5-11(2-18-19)6-20-7-12-8-21(15(22)14(12)9-20)13-3-16-10-17-4-13;3-2(4,5)1(6)7/h2-5,10,12,14H,6-9H2,1H3;(H,6,7)/t12-,14-;/m0./s1. The normalized spacial score (nSPS) is 21.7. The topological polar surface area (TPSA) is 104 Å². The highest BCUT2D eigenvalue weighted by Gasteiger charge is 2.46. The van der Waals surface area contributed by atoms with Gasteiger partial charge in [0.2, 0.25) is 5.91 Å². The number of amides is 1. The first-order valence-electron chi connectivity index (χ1n) is 8.71. The van der Waals surface area contributed by atoms with E-state index in [1.807, 2.05) is 29.0 Å². The van der Waals surface area contributed by atoms with E-state index >= 15 is 0 Å². The zero-order valence-electron chi connectivity index (χ0n) is 15.5. The number of aryl methyl sites for hydroxylation is 1. The van der Waals surface area contributed by atoms with Crippen LogP contribution in [0.25, 0.3) is 0 Å². The number of hydrogen-bond donors (Lipinski definition) is 1. The fraction of sp³-hybridized carbons (Fsp3) is 0.471. The molecule has 2 saturated heterocycles. The van der Waals surface area contributed by atoms with Gasteiger partial charge in [-0.25, -0.2) is 14.8 Å². The number of carbonyl (C=O) groups is 2. The molecule has 2 aromatic rings. The van der Waals surface area contributed by atoms with E-state index in [9.17, 15) is 18.0 Å². The molecule has 4 heterocycles. The number of likely N-dealkylation sites (tertiary alicyclic amines) is 1. The van der Waals surface area contributed by atoms with Crippen LogP contribution in [-0.2, 0) is 23.2 Å². The minimum absolute atomic E-state index is 0.0943. The van der Waals surface area contributed by atoms with Crippen molar-refractivity contribution in [3.63, 3.8) is 0 Å². The second-order valence-electron chi connectivity index (χ2n) is 6.93. The van der Waals surface area contributed by atoms with Crippen molar-refractivity contribution in [1.82, 2.24) is 24.6 Å². The Hall–Kier alpha value is -3.02. The number of aliphatic carboxylic acids is 1. The fourth-order valence-electron chi connectivity index (χ4n) is 3.55. The summed E-state index contributed by atoms with van der Waals surface area (Å²) in [5.74, 6) is -2.07. The lowest BCUT2D eigenvalue weighted by Crippen LogP contribution is -2.32. The number of anilines is 1. The molecule has 12 heteroatoms. The van der Waals surface area contributed by atoms with Gasteiger partial charge < -0.3 is 10.0 Å². The average molecular weight is 412 g/mol. The van der Waals surface area contributed by atoms with Crippen LogP contribution in [0.1, 0.15) is 5.56 Å². The molecule has 0 bridgehead atoms. The molecule has 1 amide bonds. The summed E-state index contributed by atoms with van der Waals surface area (Å²) in [7, 11) is 1.92. The Morgan fingerprint density at radius 3 is 2.38 bits per heavy atom. The Balaban J connectivity index is 0.000000298. The molecule has 9 nitrogen and oxygen atoms in total. The van der Waals surface area contributed by atoms with Crippen molar-refractivity contribution in [2.45, 2.75) is 12.7 Å². The van der Waals surface area contributed by atoms with E-state index in [2.05, 4.69) is 20.0 Å². The van der Waals surface area contributed by atoms with Gasteiger partial charge in [0.25, 0.3) is 0 Å². The molecular formula is C17H19F3N6O3. The highest BCUT2D eigenvalue weighted by molar-refractivity contribution is 5.97. The Morgan fingerprint density at radius 2 is 1.86 bits per heavy atom. The molecule has 1 N–H and O–H groups in total. The summed E-state index contributed by atoms with van der Waals surface area (Å²) in [4.78, 5) is 33.7. The van der Waals surface area contributed by atoms with Gasteiger partial charge in [0.1, 0.15) is 6.33 Å². The summed E-state index contributed by atoms with van der Waals surface area (Å²) in [6.07, 6.45) is 3.74. The summed E-state index contributed by atoms with van der Waals surface area (Å²) in [5, 5.41) is 11.3. The highest BCUT2D eigenvalue weighted by atomic mass is 19.4. The maximum atomic E-state index is 12.6. The van der Waals surface area contributed by atoms with Crippen molar-refractivity contribution in [3.8, 4) is 0 Å². The summed E-state index contributed by atoms with van der Waals surface area (Å²) in [6.45, 7) is 3.40. The van der Waals surface area contributed by atoms with Crippen LogP contribution in [-0.4, -0.2) is 67.4 Å². The number of alkyl halides is 3. The minimum Gasteiger partial charge on any atom is -0.475 e. The molecule has 0 unspecified atom stereocenters. The van der Waals surface area contributed by atoms with Crippen LogP contribution < -0.4 is 4.90 Å². The Morgan fingerprint density at radius 1 is 1.21 bits per heavy atom. The van der Waals surface area contributed by atoms with Crippen molar-refractivity contribution < 1.29 is 27.9 Å². The van der Waals surface area contributed by atoms with Crippen molar-refractivity contribution >= 4 is 17.6 Å². The van der Waals surface area contributed by atoms with Crippen LogP contribution in [0.3, 0.4) is 0 Å². The van der Waals surface area contributed by atoms with E-state index in [0.717, 1.165) is 31.9 Å². The first-order valence-corrected chi connectivity index (χ1v) is 8.71. The molecule has 2 aliphatic rings. The van der Waals surface area contributed by atoms with Gasteiger partial charge in [-0.3, -0.25) is 14.4 Å². The lowest BCUT2D eigenvalue weighted by atomic mass is 10.0.